The Hall–Kier alpha value is -2.40. The van der Waals surface area contributed by atoms with E-state index >= 15 is 0 Å². The number of ether oxygens (including phenoxy) is 3. The quantitative estimate of drug-likeness (QED) is 0.928. The Kier molecular flexibility index (Phi) is 4.90. The van der Waals surface area contributed by atoms with E-state index in [4.69, 9.17) is 25.8 Å². The summed E-state index contributed by atoms with van der Waals surface area (Å²) in [7, 11) is 3.06. The Morgan fingerprint density at radius 1 is 1.00 bits per heavy atom. The van der Waals surface area contributed by atoms with Crippen LogP contribution in [0.2, 0.25) is 5.02 Å². The third kappa shape index (κ3) is 4.03. The van der Waals surface area contributed by atoms with Gasteiger partial charge in [0.1, 0.15) is 17.2 Å². The Bertz CT molecular complexity index is 628. The highest BCUT2D eigenvalue weighted by molar-refractivity contribution is 6.30. The number of carbonyl (C=O) groups excluding carboxylic acids is 1. The molecule has 0 atom stereocenters. The Balaban J connectivity index is 2.04. The molecule has 0 aliphatic heterocycles. The number of amides is 1. The van der Waals surface area contributed by atoms with E-state index in [0.29, 0.717) is 28.0 Å². The average molecular weight is 308 g/mol. The highest BCUT2D eigenvalue weighted by atomic mass is 35.5. The van der Waals surface area contributed by atoms with Crippen molar-refractivity contribution in [1.82, 2.24) is 0 Å². The Morgan fingerprint density at radius 3 is 2.29 bits per heavy atom. The zero-order valence-corrected chi connectivity index (χ0v) is 12.3. The smallest absolute Gasteiger partial charge is 0.417 e. The third-order valence-electron chi connectivity index (χ3n) is 2.67. The first-order valence-electron chi connectivity index (χ1n) is 6.09. The summed E-state index contributed by atoms with van der Waals surface area (Å²) >= 11 is 5.85. The molecule has 0 aliphatic rings. The lowest BCUT2D eigenvalue weighted by Gasteiger charge is -2.11. The van der Waals surface area contributed by atoms with Gasteiger partial charge in [-0.3, -0.25) is 5.32 Å². The van der Waals surface area contributed by atoms with Gasteiger partial charge in [0.25, 0.3) is 0 Å². The van der Waals surface area contributed by atoms with Crippen LogP contribution in [0.3, 0.4) is 0 Å². The van der Waals surface area contributed by atoms with Crippen LogP contribution in [-0.4, -0.2) is 20.3 Å². The van der Waals surface area contributed by atoms with E-state index in [-0.39, 0.29) is 0 Å². The first-order chi connectivity index (χ1) is 10.1. The van der Waals surface area contributed by atoms with Crippen molar-refractivity contribution < 1.29 is 19.0 Å². The van der Waals surface area contributed by atoms with Gasteiger partial charge in [0, 0.05) is 11.1 Å². The number of hydrogen-bond acceptors (Lipinski definition) is 4. The van der Waals surface area contributed by atoms with E-state index in [2.05, 4.69) is 5.32 Å². The minimum Gasteiger partial charge on any atom is -0.497 e. The van der Waals surface area contributed by atoms with Crippen molar-refractivity contribution >= 4 is 23.4 Å². The van der Waals surface area contributed by atoms with E-state index in [1.54, 1.807) is 49.6 Å². The van der Waals surface area contributed by atoms with Crippen LogP contribution >= 0.6 is 11.6 Å². The summed E-state index contributed by atoms with van der Waals surface area (Å²) in [6.45, 7) is 0. The molecule has 1 amide bonds. The van der Waals surface area contributed by atoms with Crippen molar-refractivity contribution in [2.24, 2.45) is 0 Å². The standard InChI is InChI=1S/C15H14ClNO4/c1-19-11-4-6-12(7-5-11)21-15(18)17-13-8-3-10(16)9-14(13)20-2/h3-9H,1-2H3,(H,17,18). The SMILES string of the molecule is COc1ccc(OC(=O)Nc2ccc(Cl)cc2OC)cc1. The van der Waals surface area contributed by atoms with Crippen molar-refractivity contribution in [3.8, 4) is 17.2 Å². The second-order valence-corrected chi connectivity index (χ2v) is 4.47. The van der Waals surface area contributed by atoms with Gasteiger partial charge in [-0.15, -0.1) is 0 Å². The minimum atomic E-state index is -0.624. The predicted molar refractivity (Wildman–Crippen MR) is 80.6 cm³/mol. The number of halogens is 1. The molecule has 2 rings (SSSR count). The lowest BCUT2D eigenvalue weighted by atomic mass is 10.3. The van der Waals surface area contributed by atoms with Crippen molar-refractivity contribution in [2.75, 3.05) is 19.5 Å². The number of rotatable bonds is 4. The van der Waals surface area contributed by atoms with E-state index in [9.17, 15) is 4.79 Å². The molecule has 0 aromatic heterocycles. The maximum absolute atomic E-state index is 11.8. The molecular weight excluding hydrogens is 294 g/mol. The van der Waals surface area contributed by atoms with Crippen molar-refractivity contribution in [3.05, 3.63) is 47.5 Å². The number of methoxy groups -OCH3 is 2. The molecule has 0 saturated heterocycles. The number of benzene rings is 2. The van der Waals surface area contributed by atoms with Crippen LogP contribution in [0.5, 0.6) is 17.2 Å². The molecule has 0 radical (unpaired) electrons. The number of hydrogen-bond donors (Lipinski definition) is 1. The van der Waals surface area contributed by atoms with Gasteiger partial charge < -0.3 is 14.2 Å². The van der Waals surface area contributed by atoms with Crippen LogP contribution in [0.15, 0.2) is 42.5 Å². The first-order valence-corrected chi connectivity index (χ1v) is 6.46. The molecule has 0 heterocycles. The molecule has 2 aromatic rings. The van der Waals surface area contributed by atoms with Crippen LogP contribution in [0.25, 0.3) is 0 Å². The second-order valence-electron chi connectivity index (χ2n) is 4.03. The van der Waals surface area contributed by atoms with Crippen LogP contribution in [0, 0.1) is 0 Å². The summed E-state index contributed by atoms with van der Waals surface area (Å²) < 4.78 is 15.3. The zero-order valence-electron chi connectivity index (χ0n) is 11.6. The van der Waals surface area contributed by atoms with Gasteiger partial charge in [0.2, 0.25) is 0 Å². The fourth-order valence-corrected chi connectivity index (χ4v) is 1.82. The van der Waals surface area contributed by atoms with Gasteiger partial charge in [0.15, 0.2) is 0 Å². The van der Waals surface area contributed by atoms with Crippen LogP contribution in [-0.2, 0) is 0 Å². The normalized spacial score (nSPS) is 9.86. The maximum Gasteiger partial charge on any atom is 0.417 e. The molecule has 110 valence electrons. The molecule has 0 unspecified atom stereocenters. The van der Waals surface area contributed by atoms with E-state index in [1.807, 2.05) is 0 Å². The van der Waals surface area contributed by atoms with Crippen LogP contribution in [0.1, 0.15) is 0 Å². The van der Waals surface area contributed by atoms with Crippen molar-refractivity contribution in [2.45, 2.75) is 0 Å². The van der Waals surface area contributed by atoms with Gasteiger partial charge in [0.05, 0.1) is 19.9 Å². The zero-order chi connectivity index (χ0) is 15.2. The lowest BCUT2D eigenvalue weighted by molar-refractivity contribution is 0.215. The first kappa shape index (κ1) is 15.0. The highest BCUT2D eigenvalue weighted by Gasteiger charge is 2.10. The fraction of sp³-hybridized carbons (Fsp3) is 0.133. The van der Waals surface area contributed by atoms with E-state index < -0.39 is 6.09 Å². The van der Waals surface area contributed by atoms with E-state index in [0.717, 1.165) is 0 Å². The average Bonchev–Trinajstić information content (AvgIpc) is 2.49. The van der Waals surface area contributed by atoms with Crippen LogP contribution in [0.4, 0.5) is 10.5 Å². The molecular formula is C15H14ClNO4. The highest BCUT2D eigenvalue weighted by Crippen LogP contribution is 2.28. The molecule has 5 nitrogen and oxygen atoms in total. The Morgan fingerprint density at radius 2 is 1.67 bits per heavy atom. The molecule has 0 saturated carbocycles. The van der Waals surface area contributed by atoms with Crippen LogP contribution < -0.4 is 19.5 Å². The molecule has 0 fully saturated rings. The molecule has 0 bridgehead atoms. The lowest BCUT2D eigenvalue weighted by Crippen LogP contribution is -2.17. The maximum atomic E-state index is 11.8. The second kappa shape index (κ2) is 6.85. The number of nitrogens with one attached hydrogen (secondary N) is 1. The minimum absolute atomic E-state index is 0.404. The molecule has 2 aromatic carbocycles. The van der Waals surface area contributed by atoms with Gasteiger partial charge in [-0.2, -0.15) is 0 Å². The van der Waals surface area contributed by atoms with E-state index in [1.165, 1.54) is 7.11 Å². The van der Waals surface area contributed by atoms with Crippen molar-refractivity contribution in [3.63, 3.8) is 0 Å². The monoisotopic (exact) mass is 307 g/mol. The summed E-state index contributed by atoms with van der Waals surface area (Å²) in [6.07, 6.45) is -0.624. The van der Waals surface area contributed by atoms with Gasteiger partial charge >= 0.3 is 6.09 Å². The molecule has 6 heteroatoms. The van der Waals surface area contributed by atoms with Gasteiger partial charge in [-0.1, -0.05) is 11.6 Å². The molecule has 0 aliphatic carbocycles. The summed E-state index contributed by atoms with van der Waals surface area (Å²) in [5.41, 5.74) is 0.473. The summed E-state index contributed by atoms with van der Waals surface area (Å²) in [5, 5.41) is 3.10. The van der Waals surface area contributed by atoms with Gasteiger partial charge in [-0.05, 0) is 36.4 Å². The molecule has 21 heavy (non-hydrogen) atoms. The number of carbonyl (C=O) groups is 1. The fourth-order valence-electron chi connectivity index (χ4n) is 1.65. The summed E-state index contributed by atoms with van der Waals surface area (Å²) in [4.78, 5) is 11.8. The topological polar surface area (TPSA) is 56.8 Å². The summed E-state index contributed by atoms with van der Waals surface area (Å²) in [5.74, 6) is 1.54. The Labute approximate surface area is 127 Å². The number of anilines is 1. The van der Waals surface area contributed by atoms with Crippen molar-refractivity contribution in [1.29, 1.82) is 0 Å². The largest absolute Gasteiger partial charge is 0.497 e. The summed E-state index contributed by atoms with van der Waals surface area (Å²) in [6, 6.07) is 11.6. The third-order valence-corrected chi connectivity index (χ3v) is 2.91. The van der Waals surface area contributed by atoms with Gasteiger partial charge in [-0.25, -0.2) is 4.79 Å². The molecule has 0 spiro atoms. The predicted octanol–water partition coefficient (Wildman–Crippen LogP) is 3.97. The molecule has 1 N–H and O–H groups in total.